The normalized spacial score (nSPS) is 18.4. The van der Waals surface area contributed by atoms with Crippen molar-refractivity contribution in [2.45, 2.75) is 31.8 Å². The van der Waals surface area contributed by atoms with Crippen molar-refractivity contribution >= 4 is 17.5 Å². The molecule has 1 atom stereocenters. The highest BCUT2D eigenvalue weighted by molar-refractivity contribution is 6.32. The van der Waals surface area contributed by atoms with Crippen molar-refractivity contribution in [3.8, 4) is 11.5 Å². The third-order valence-electron chi connectivity index (χ3n) is 4.14. The molecule has 0 aromatic heterocycles. The van der Waals surface area contributed by atoms with Gasteiger partial charge in [-0.2, -0.15) is 0 Å². The minimum Gasteiger partial charge on any atom is -0.493 e. The van der Waals surface area contributed by atoms with Gasteiger partial charge in [0.2, 0.25) is 0 Å². The molecule has 1 aliphatic rings. The number of carbonyl (C=O) groups is 1. The van der Waals surface area contributed by atoms with Crippen LogP contribution < -0.4 is 15.2 Å². The average Bonchev–Trinajstić information content (AvgIpc) is 2.55. The van der Waals surface area contributed by atoms with Gasteiger partial charge >= 0.3 is 0 Å². The van der Waals surface area contributed by atoms with Crippen LogP contribution in [0.15, 0.2) is 12.1 Å². The molecule has 2 rings (SSSR count). The fraction of sp³-hybridized carbons (Fsp3) is 0.588. The predicted molar refractivity (Wildman–Crippen MR) is 92.6 cm³/mol. The molecule has 0 unspecified atom stereocenters. The molecule has 1 fully saturated rings. The van der Waals surface area contributed by atoms with Crippen molar-refractivity contribution in [1.29, 1.82) is 0 Å². The number of nitrogens with zero attached hydrogens (tertiary/aromatic N) is 1. The minimum absolute atomic E-state index is 0.239. The first-order valence-corrected chi connectivity index (χ1v) is 8.43. The van der Waals surface area contributed by atoms with Crippen LogP contribution in [0.25, 0.3) is 0 Å². The second-order valence-corrected chi connectivity index (χ2v) is 6.35. The largest absolute Gasteiger partial charge is 0.493 e. The third-order valence-corrected chi connectivity index (χ3v) is 4.42. The van der Waals surface area contributed by atoms with E-state index in [4.69, 9.17) is 31.5 Å². The molecule has 1 aromatic carbocycles. The summed E-state index contributed by atoms with van der Waals surface area (Å²) in [5.41, 5.74) is 6.15. The van der Waals surface area contributed by atoms with Gasteiger partial charge in [0.05, 0.1) is 18.7 Å². The number of amides is 1. The number of rotatable bonds is 8. The number of nitrogens with two attached hydrogens (primary N) is 1. The van der Waals surface area contributed by atoms with Crippen molar-refractivity contribution in [3.63, 3.8) is 0 Å². The van der Waals surface area contributed by atoms with Gasteiger partial charge in [0.25, 0.3) is 5.91 Å². The van der Waals surface area contributed by atoms with Gasteiger partial charge in [-0.05, 0) is 37.1 Å². The van der Waals surface area contributed by atoms with Crippen molar-refractivity contribution in [2.75, 3.05) is 34.0 Å². The van der Waals surface area contributed by atoms with Crippen molar-refractivity contribution in [2.24, 2.45) is 5.73 Å². The number of likely N-dealkylation sites (tertiary alicyclic amines) is 1. The highest BCUT2D eigenvalue weighted by atomic mass is 35.5. The van der Waals surface area contributed by atoms with Gasteiger partial charge in [-0.1, -0.05) is 18.0 Å². The molecule has 0 spiro atoms. The van der Waals surface area contributed by atoms with Crippen molar-refractivity contribution in [1.82, 2.24) is 4.90 Å². The molecule has 6 nitrogen and oxygen atoms in total. The number of ether oxygens (including phenoxy) is 3. The molecule has 0 saturated carbocycles. The first-order valence-electron chi connectivity index (χ1n) is 8.05. The summed E-state index contributed by atoms with van der Waals surface area (Å²) in [6, 6.07) is 4.15. The topological polar surface area (TPSA) is 74.0 Å². The summed E-state index contributed by atoms with van der Waals surface area (Å²) in [5, 5.41) is 0.408. The summed E-state index contributed by atoms with van der Waals surface area (Å²) < 4.78 is 16.1. The van der Waals surface area contributed by atoms with E-state index in [2.05, 4.69) is 4.90 Å². The molecular formula is C17H25ClN2O4. The van der Waals surface area contributed by atoms with Gasteiger partial charge in [0.15, 0.2) is 18.1 Å². The predicted octanol–water partition coefficient (Wildman–Crippen LogP) is 2.21. The summed E-state index contributed by atoms with van der Waals surface area (Å²) in [7, 11) is 3.28. The quantitative estimate of drug-likeness (QED) is 0.773. The number of benzene rings is 1. The molecule has 0 radical (unpaired) electrons. The highest BCUT2D eigenvalue weighted by Crippen LogP contribution is 2.37. The van der Waals surface area contributed by atoms with E-state index in [0.29, 0.717) is 22.6 Å². The van der Waals surface area contributed by atoms with E-state index in [0.717, 1.165) is 31.7 Å². The summed E-state index contributed by atoms with van der Waals surface area (Å²) in [6.45, 7) is 2.29. The molecule has 1 saturated heterocycles. The molecule has 24 heavy (non-hydrogen) atoms. The second-order valence-electron chi connectivity index (χ2n) is 5.94. The van der Waals surface area contributed by atoms with E-state index >= 15 is 0 Å². The molecule has 0 aliphatic carbocycles. The Morgan fingerprint density at radius 1 is 1.38 bits per heavy atom. The highest BCUT2D eigenvalue weighted by Gasteiger charge is 2.23. The van der Waals surface area contributed by atoms with E-state index in [1.165, 1.54) is 12.8 Å². The maximum absolute atomic E-state index is 10.9. The van der Waals surface area contributed by atoms with Crippen LogP contribution in [-0.2, 0) is 16.1 Å². The third kappa shape index (κ3) is 5.00. The van der Waals surface area contributed by atoms with Gasteiger partial charge in [-0.15, -0.1) is 0 Å². The van der Waals surface area contributed by atoms with Gasteiger partial charge in [-0.3, -0.25) is 9.69 Å². The van der Waals surface area contributed by atoms with Gasteiger partial charge < -0.3 is 19.9 Å². The Bertz CT molecular complexity index is 566. The van der Waals surface area contributed by atoms with Crippen LogP contribution in [0, 0.1) is 0 Å². The first kappa shape index (κ1) is 18.8. The SMILES string of the molecule is COC[C@H]1CCCCN1Cc1cc(Cl)c(OCC(N)=O)c(OC)c1. The van der Waals surface area contributed by atoms with E-state index in [-0.39, 0.29) is 6.61 Å². The van der Waals surface area contributed by atoms with Crippen LogP contribution in [0.1, 0.15) is 24.8 Å². The average molecular weight is 357 g/mol. The van der Waals surface area contributed by atoms with E-state index in [9.17, 15) is 4.79 Å². The number of methoxy groups -OCH3 is 2. The van der Waals surface area contributed by atoms with Crippen molar-refractivity contribution in [3.05, 3.63) is 22.7 Å². The maximum atomic E-state index is 10.9. The molecule has 1 heterocycles. The fourth-order valence-corrected chi connectivity index (χ4v) is 3.32. The number of carbonyl (C=O) groups excluding carboxylic acids is 1. The minimum atomic E-state index is -0.562. The van der Waals surface area contributed by atoms with Crippen LogP contribution in [-0.4, -0.2) is 50.8 Å². The summed E-state index contributed by atoms with van der Waals surface area (Å²) in [5.74, 6) is 0.278. The van der Waals surface area contributed by atoms with Gasteiger partial charge in [0, 0.05) is 19.7 Å². The fourth-order valence-electron chi connectivity index (χ4n) is 3.03. The van der Waals surface area contributed by atoms with Crippen LogP contribution >= 0.6 is 11.6 Å². The number of piperidine rings is 1. The summed E-state index contributed by atoms with van der Waals surface area (Å²) >= 11 is 6.31. The molecule has 1 aliphatic heterocycles. The lowest BCUT2D eigenvalue weighted by atomic mass is 10.0. The zero-order chi connectivity index (χ0) is 17.5. The zero-order valence-electron chi connectivity index (χ0n) is 14.2. The second kappa shape index (κ2) is 9.11. The zero-order valence-corrected chi connectivity index (χ0v) is 15.0. The maximum Gasteiger partial charge on any atom is 0.255 e. The van der Waals surface area contributed by atoms with E-state index in [1.807, 2.05) is 12.1 Å². The van der Waals surface area contributed by atoms with Gasteiger partial charge in [-0.25, -0.2) is 0 Å². The monoisotopic (exact) mass is 356 g/mol. The smallest absolute Gasteiger partial charge is 0.255 e. The van der Waals surface area contributed by atoms with Crippen LogP contribution in [0.2, 0.25) is 5.02 Å². The summed E-state index contributed by atoms with van der Waals surface area (Å²) in [4.78, 5) is 13.3. The number of hydrogen-bond acceptors (Lipinski definition) is 5. The number of halogens is 1. The molecular weight excluding hydrogens is 332 g/mol. The standard InChI is InChI=1S/C17H25ClN2O4/c1-22-10-13-5-3-4-6-20(13)9-12-7-14(18)17(15(8-12)23-2)24-11-16(19)21/h7-8,13H,3-6,9-11H2,1-2H3,(H2,19,21)/t13-/m1/s1. The Kier molecular flexibility index (Phi) is 7.15. The lowest BCUT2D eigenvalue weighted by Crippen LogP contribution is -2.41. The number of primary amides is 1. The lowest BCUT2D eigenvalue weighted by Gasteiger charge is -2.35. The number of hydrogen-bond donors (Lipinski definition) is 1. The Labute approximate surface area is 147 Å². The van der Waals surface area contributed by atoms with Gasteiger partial charge in [0.1, 0.15) is 0 Å². The Morgan fingerprint density at radius 2 is 2.17 bits per heavy atom. The van der Waals surface area contributed by atoms with Crippen LogP contribution in [0.3, 0.4) is 0 Å². The van der Waals surface area contributed by atoms with Crippen LogP contribution in [0.4, 0.5) is 0 Å². The van der Waals surface area contributed by atoms with E-state index in [1.54, 1.807) is 14.2 Å². The first-order chi connectivity index (χ1) is 11.5. The summed E-state index contributed by atoms with van der Waals surface area (Å²) in [6.07, 6.45) is 3.55. The van der Waals surface area contributed by atoms with Crippen molar-refractivity contribution < 1.29 is 19.0 Å². The Morgan fingerprint density at radius 3 is 2.83 bits per heavy atom. The molecule has 7 heteroatoms. The van der Waals surface area contributed by atoms with Crippen LogP contribution in [0.5, 0.6) is 11.5 Å². The molecule has 134 valence electrons. The Hall–Kier alpha value is -1.50. The van der Waals surface area contributed by atoms with E-state index < -0.39 is 5.91 Å². The molecule has 0 bridgehead atoms. The molecule has 1 amide bonds. The molecule has 2 N–H and O–H groups in total. The lowest BCUT2D eigenvalue weighted by molar-refractivity contribution is -0.119. The Balaban J connectivity index is 2.15. The molecule has 1 aromatic rings.